The molecule has 1 aromatic rings. The molecule has 0 aliphatic rings. The summed E-state index contributed by atoms with van der Waals surface area (Å²) in [4.78, 5) is 23.9. The second-order valence-corrected chi connectivity index (χ2v) is 6.28. The number of carbonyl (C=O) groups is 2. The average molecular weight is 292 g/mol. The maximum atomic E-state index is 12.1. The molecule has 0 aromatic heterocycles. The first-order chi connectivity index (χ1) is 9.69. The number of para-hydroxylation sites is 1. The van der Waals surface area contributed by atoms with E-state index in [-0.39, 0.29) is 5.91 Å². The van der Waals surface area contributed by atoms with E-state index in [1.807, 2.05) is 13.8 Å². The number of hydrogen-bond donors (Lipinski definition) is 2. The smallest absolute Gasteiger partial charge is 0.412 e. The third-order valence-electron chi connectivity index (χ3n) is 2.48. The van der Waals surface area contributed by atoms with Gasteiger partial charge in [-0.2, -0.15) is 0 Å². The molecule has 21 heavy (non-hydrogen) atoms. The first-order valence-corrected chi connectivity index (χ1v) is 7.06. The SMILES string of the molecule is CC(C)CNC(=O)c1ccccc1NC(=O)OC(C)(C)C. The van der Waals surface area contributed by atoms with Gasteiger partial charge in [0.2, 0.25) is 0 Å². The first-order valence-electron chi connectivity index (χ1n) is 7.06. The molecule has 2 amide bonds. The Labute approximate surface area is 126 Å². The summed E-state index contributed by atoms with van der Waals surface area (Å²) in [6.07, 6.45) is -0.577. The van der Waals surface area contributed by atoms with Gasteiger partial charge in [-0.3, -0.25) is 10.1 Å². The van der Waals surface area contributed by atoms with Crippen LogP contribution in [0.5, 0.6) is 0 Å². The van der Waals surface area contributed by atoms with Crippen LogP contribution >= 0.6 is 0 Å². The van der Waals surface area contributed by atoms with E-state index in [1.54, 1.807) is 45.0 Å². The number of amides is 2. The molecular weight excluding hydrogens is 268 g/mol. The number of anilines is 1. The molecule has 1 aromatic carbocycles. The zero-order chi connectivity index (χ0) is 16.0. The zero-order valence-electron chi connectivity index (χ0n) is 13.3. The van der Waals surface area contributed by atoms with Crippen molar-refractivity contribution in [2.45, 2.75) is 40.2 Å². The van der Waals surface area contributed by atoms with Gasteiger partial charge in [0.05, 0.1) is 11.3 Å². The molecule has 5 heteroatoms. The number of rotatable bonds is 4. The molecule has 0 bridgehead atoms. The van der Waals surface area contributed by atoms with Crippen molar-refractivity contribution in [3.8, 4) is 0 Å². The predicted molar refractivity (Wildman–Crippen MR) is 83.5 cm³/mol. The van der Waals surface area contributed by atoms with E-state index in [0.717, 1.165) is 0 Å². The molecule has 2 N–H and O–H groups in total. The third-order valence-corrected chi connectivity index (χ3v) is 2.48. The molecular formula is C16H24N2O3. The fourth-order valence-electron chi connectivity index (χ4n) is 1.60. The molecule has 0 radical (unpaired) electrons. The van der Waals surface area contributed by atoms with E-state index in [9.17, 15) is 9.59 Å². The number of carbonyl (C=O) groups excluding carboxylic acids is 2. The van der Waals surface area contributed by atoms with Gasteiger partial charge >= 0.3 is 6.09 Å². The summed E-state index contributed by atoms with van der Waals surface area (Å²) >= 11 is 0. The molecule has 5 nitrogen and oxygen atoms in total. The summed E-state index contributed by atoms with van der Waals surface area (Å²) in [5.41, 5.74) is 0.274. The van der Waals surface area contributed by atoms with E-state index in [2.05, 4.69) is 10.6 Å². The van der Waals surface area contributed by atoms with Crippen molar-refractivity contribution in [2.75, 3.05) is 11.9 Å². The Morgan fingerprint density at radius 3 is 2.38 bits per heavy atom. The van der Waals surface area contributed by atoms with Crippen LogP contribution in [0.25, 0.3) is 0 Å². The monoisotopic (exact) mass is 292 g/mol. The average Bonchev–Trinajstić information content (AvgIpc) is 2.34. The molecule has 0 spiro atoms. The summed E-state index contributed by atoms with van der Waals surface area (Å²) in [6.45, 7) is 9.98. The van der Waals surface area contributed by atoms with Crippen molar-refractivity contribution >= 4 is 17.7 Å². The lowest BCUT2D eigenvalue weighted by Crippen LogP contribution is -2.30. The molecule has 116 valence electrons. The Kier molecular flexibility index (Phi) is 5.76. The number of benzene rings is 1. The lowest BCUT2D eigenvalue weighted by atomic mass is 10.1. The highest BCUT2D eigenvalue weighted by Crippen LogP contribution is 2.17. The van der Waals surface area contributed by atoms with Crippen LogP contribution < -0.4 is 10.6 Å². The molecule has 0 saturated carbocycles. The van der Waals surface area contributed by atoms with Gasteiger partial charge in [0.1, 0.15) is 5.60 Å². The Morgan fingerprint density at radius 1 is 1.19 bits per heavy atom. The Bertz CT molecular complexity index is 504. The molecule has 1 rings (SSSR count). The van der Waals surface area contributed by atoms with Crippen LogP contribution in [0.4, 0.5) is 10.5 Å². The van der Waals surface area contributed by atoms with Crippen LogP contribution in [0.2, 0.25) is 0 Å². The number of hydrogen-bond acceptors (Lipinski definition) is 3. The van der Waals surface area contributed by atoms with E-state index in [0.29, 0.717) is 23.7 Å². The quantitative estimate of drug-likeness (QED) is 0.893. The van der Waals surface area contributed by atoms with Crippen LogP contribution in [0.3, 0.4) is 0 Å². The summed E-state index contributed by atoms with van der Waals surface area (Å²) in [5, 5.41) is 5.44. The summed E-state index contributed by atoms with van der Waals surface area (Å²) in [6, 6.07) is 6.85. The van der Waals surface area contributed by atoms with Gasteiger partial charge in [-0.1, -0.05) is 26.0 Å². The number of ether oxygens (including phenoxy) is 1. The second kappa shape index (κ2) is 7.11. The predicted octanol–water partition coefficient (Wildman–Crippen LogP) is 3.42. The standard InChI is InChI=1S/C16H24N2O3/c1-11(2)10-17-14(19)12-8-6-7-9-13(12)18-15(20)21-16(3,4)5/h6-9,11H,10H2,1-5H3,(H,17,19)(H,18,20). The number of nitrogens with one attached hydrogen (secondary N) is 2. The Morgan fingerprint density at radius 2 is 1.81 bits per heavy atom. The second-order valence-electron chi connectivity index (χ2n) is 6.28. The van der Waals surface area contributed by atoms with Crippen LogP contribution in [0, 0.1) is 5.92 Å². The van der Waals surface area contributed by atoms with Gasteiger partial charge < -0.3 is 10.1 Å². The molecule has 0 aliphatic carbocycles. The van der Waals surface area contributed by atoms with E-state index < -0.39 is 11.7 Å². The van der Waals surface area contributed by atoms with Crippen molar-refractivity contribution in [1.29, 1.82) is 0 Å². The molecule has 0 aliphatic heterocycles. The minimum atomic E-state index is -0.584. The van der Waals surface area contributed by atoms with Crippen molar-refractivity contribution in [2.24, 2.45) is 5.92 Å². The van der Waals surface area contributed by atoms with E-state index in [1.165, 1.54) is 0 Å². The van der Waals surface area contributed by atoms with Crippen molar-refractivity contribution in [1.82, 2.24) is 5.32 Å². The van der Waals surface area contributed by atoms with Gasteiger partial charge in [0.25, 0.3) is 5.91 Å². The highest BCUT2D eigenvalue weighted by atomic mass is 16.6. The van der Waals surface area contributed by atoms with Crippen molar-refractivity contribution < 1.29 is 14.3 Å². The fourth-order valence-corrected chi connectivity index (χ4v) is 1.60. The summed E-state index contributed by atoms with van der Waals surface area (Å²) in [5.74, 6) is 0.148. The molecule has 0 saturated heterocycles. The van der Waals surface area contributed by atoms with Gasteiger partial charge in [-0.25, -0.2) is 4.79 Å². The largest absolute Gasteiger partial charge is 0.444 e. The van der Waals surface area contributed by atoms with Crippen molar-refractivity contribution in [3.63, 3.8) is 0 Å². The van der Waals surface area contributed by atoms with Crippen LogP contribution in [0.15, 0.2) is 24.3 Å². The Balaban J connectivity index is 2.80. The molecule has 0 fully saturated rings. The fraction of sp³-hybridized carbons (Fsp3) is 0.500. The molecule has 0 heterocycles. The van der Waals surface area contributed by atoms with E-state index in [4.69, 9.17) is 4.74 Å². The van der Waals surface area contributed by atoms with E-state index >= 15 is 0 Å². The van der Waals surface area contributed by atoms with Crippen molar-refractivity contribution in [3.05, 3.63) is 29.8 Å². The lowest BCUT2D eigenvalue weighted by molar-refractivity contribution is 0.0636. The van der Waals surface area contributed by atoms with Gasteiger partial charge in [-0.15, -0.1) is 0 Å². The van der Waals surface area contributed by atoms with Gasteiger partial charge in [0, 0.05) is 6.54 Å². The highest BCUT2D eigenvalue weighted by Gasteiger charge is 2.18. The summed E-state index contributed by atoms with van der Waals surface area (Å²) in [7, 11) is 0. The highest BCUT2D eigenvalue weighted by molar-refractivity contribution is 6.02. The van der Waals surface area contributed by atoms with Gasteiger partial charge in [-0.05, 0) is 38.8 Å². The third kappa shape index (κ3) is 6.29. The maximum Gasteiger partial charge on any atom is 0.412 e. The molecule has 0 atom stereocenters. The summed E-state index contributed by atoms with van der Waals surface area (Å²) < 4.78 is 5.19. The zero-order valence-corrected chi connectivity index (χ0v) is 13.3. The Hall–Kier alpha value is -2.04. The molecule has 0 unspecified atom stereocenters. The minimum absolute atomic E-state index is 0.213. The first kappa shape index (κ1) is 17.0. The minimum Gasteiger partial charge on any atom is -0.444 e. The topological polar surface area (TPSA) is 67.4 Å². The van der Waals surface area contributed by atoms with Crippen LogP contribution in [-0.4, -0.2) is 24.1 Å². The maximum absolute atomic E-state index is 12.1. The van der Waals surface area contributed by atoms with Crippen LogP contribution in [0.1, 0.15) is 45.0 Å². The van der Waals surface area contributed by atoms with Gasteiger partial charge in [0.15, 0.2) is 0 Å². The van der Waals surface area contributed by atoms with Crippen LogP contribution in [-0.2, 0) is 4.74 Å². The lowest BCUT2D eigenvalue weighted by Gasteiger charge is -2.20. The normalized spacial score (nSPS) is 11.1.